The fourth-order valence-electron chi connectivity index (χ4n) is 4.67. The van der Waals surface area contributed by atoms with Crippen LogP contribution in [0.3, 0.4) is 0 Å². The van der Waals surface area contributed by atoms with Gasteiger partial charge in [0.05, 0.1) is 0 Å². The summed E-state index contributed by atoms with van der Waals surface area (Å²) in [6.07, 6.45) is 5.59. The SMILES string of the molecule is O=C(CCN1CCCN(C2CCCc3ccccc32)CC1)c1ccc(Br)cc1. The summed E-state index contributed by atoms with van der Waals surface area (Å²) in [7, 11) is 0. The molecule has 1 atom stereocenters. The molecule has 1 unspecified atom stereocenters. The molecule has 0 aromatic heterocycles. The van der Waals surface area contributed by atoms with Crippen LogP contribution in [-0.2, 0) is 6.42 Å². The van der Waals surface area contributed by atoms with E-state index in [1.165, 1.54) is 25.7 Å². The highest BCUT2D eigenvalue weighted by Crippen LogP contribution is 2.34. The highest BCUT2D eigenvalue weighted by atomic mass is 79.9. The van der Waals surface area contributed by atoms with Crippen molar-refractivity contribution in [2.75, 3.05) is 32.7 Å². The average molecular weight is 441 g/mol. The molecule has 0 bridgehead atoms. The van der Waals surface area contributed by atoms with E-state index in [1.807, 2.05) is 24.3 Å². The van der Waals surface area contributed by atoms with E-state index < -0.39 is 0 Å². The molecule has 4 rings (SSSR count). The second kappa shape index (κ2) is 9.34. The van der Waals surface area contributed by atoms with E-state index in [9.17, 15) is 4.79 Å². The molecule has 148 valence electrons. The first-order chi connectivity index (χ1) is 13.7. The van der Waals surface area contributed by atoms with Crippen LogP contribution in [0.15, 0.2) is 53.0 Å². The van der Waals surface area contributed by atoms with E-state index in [-0.39, 0.29) is 5.78 Å². The molecule has 0 spiro atoms. The molecule has 2 aliphatic rings. The zero-order valence-electron chi connectivity index (χ0n) is 16.4. The van der Waals surface area contributed by atoms with Crippen LogP contribution in [0.2, 0.25) is 0 Å². The number of carbonyl (C=O) groups excluding carboxylic acids is 1. The van der Waals surface area contributed by atoms with Crippen molar-refractivity contribution < 1.29 is 4.79 Å². The molecule has 2 aromatic carbocycles. The quantitative estimate of drug-likeness (QED) is 0.603. The summed E-state index contributed by atoms with van der Waals surface area (Å²) in [6, 6.07) is 17.3. The van der Waals surface area contributed by atoms with E-state index in [1.54, 1.807) is 11.1 Å². The van der Waals surface area contributed by atoms with Crippen LogP contribution in [0, 0.1) is 0 Å². The molecule has 28 heavy (non-hydrogen) atoms. The van der Waals surface area contributed by atoms with Crippen molar-refractivity contribution in [2.45, 2.75) is 38.1 Å². The first-order valence-electron chi connectivity index (χ1n) is 10.5. The number of benzene rings is 2. The van der Waals surface area contributed by atoms with E-state index in [0.29, 0.717) is 12.5 Å². The van der Waals surface area contributed by atoms with Gasteiger partial charge in [0.2, 0.25) is 0 Å². The molecule has 0 N–H and O–H groups in total. The number of hydrogen-bond acceptors (Lipinski definition) is 3. The molecule has 0 radical (unpaired) electrons. The van der Waals surface area contributed by atoms with Crippen molar-refractivity contribution in [1.82, 2.24) is 9.80 Å². The number of halogens is 1. The Morgan fingerprint density at radius 3 is 2.64 bits per heavy atom. The Balaban J connectivity index is 1.32. The minimum absolute atomic E-state index is 0.245. The minimum atomic E-state index is 0.245. The van der Waals surface area contributed by atoms with Gasteiger partial charge in [0.1, 0.15) is 0 Å². The molecule has 3 nitrogen and oxygen atoms in total. The molecule has 0 amide bonds. The molecule has 1 aliphatic heterocycles. The highest BCUT2D eigenvalue weighted by Gasteiger charge is 2.27. The molecule has 1 heterocycles. The summed E-state index contributed by atoms with van der Waals surface area (Å²) in [5.41, 5.74) is 3.91. The first kappa shape index (κ1) is 19.8. The van der Waals surface area contributed by atoms with Crippen molar-refractivity contribution in [1.29, 1.82) is 0 Å². The van der Waals surface area contributed by atoms with Crippen LogP contribution in [-0.4, -0.2) is 48.3 Å². The van der Waals surface area contributed by atoms with Crippen LogP contribution in [0.5, 0.6) is 0 Å². The fraction of sp³-hybridized carbons (Fsp3) is 0.458. The van der Waals surface area contributed by atoms with Crippen LogP contribution in [0.1, 0.15) is 53.2 Å². The summed E-state index contributed by atoms with van der Waals surface area (Å²) in [5, 5.41) is 0. The number of carbonyl (C=O) groups is 1. The Labute approximate surface area is 176 Å². The molecule has 0 saturated carbocycles. The maximum absolute atomic E-state index is 12.5. The van der Waals surface area contributed by atoms with Gasteiger partial charge in [-0.3, -0.25) is 9.69 Å². The lowest BCUT2D eigenvalue weighted by atomic mass is 9.87. The maximum atomic E-state index is 12.5. The summed E-state index contributed by atoms with van der Waals surface area (Å²) in [6.45, 7) is 5.29. The largest absolute Gasteiger partial charge is 0.302 e. The number of Topliss-reactive ketones (excluding diaryl/α,β-unsaturated/α-hetero) is 1. The van der Waals surface area contributed by atoms with Crippen LogP contribution in [0.25, 0.3) is 0 Å². The summed E-state index contributed by atoms with van der Waals surface area (Å²) in [5.74, 6) is 0.245. The van der Waals surface area contributed by atoms with Crippen molar-refractivity contribution in [3.05, 3.63) is 69.7 Å². The van der Waals surface area contributed by atoms with E-state index >= 15 is 0 Å². The highest BCUT2D eigenvalue weighted by molar-refractivity contribution is 9.10. The lowest BCUT2D eigenvalue weighted by molar-refractivity contribution is 0.0964. The minimum Gasteiger partial charge on any atom is -0.302 e. The Morgan fingerprint density at radius 2 is 1.79 bits per heavy atom. The van der Waals surface area contributed by atoms with E-state index in [0.717, 1.165) is 42.8 Å². The predicted molar refractivity (Wildman–Crippen MR) is 118 cm³/mol. The summed E-state index contributed by atoms with van der Waals surface area (Å²) in [4.78, 5) is 17.6. The van der Waals surface area contributed by atoms with Gasteiger partial charge in [0, 0.05) is 48.7 Å². The lowest BCUT2D eigenvalue weighted by Gasteiger charge is -2.35. The predicted octanol–water partition coefficient (Wildman–Crippen LogP) is 5.11. The second-order valence-corrected chi connectivity index (χ2v) is 8.93. The molecule has 1 fully saturated rings. The summed E-state index contributed by atoms with van der Waals surface area (Å²) < 4.78 is 1.01. The van der Waals surface area contributed by atoms with Gasteiger partial charge in [-0.05, 0) is 55.5 Å². The Kier molecular flexibility index (Phi) is 6.61. The third-order valence-corrected chi connectivity index (χ3v) is 6.75. The van der Waals surface area contributed by atoms with Gasteiger partial charge >= 0.3 is 0 Å². The zero-order chi connectivity index (χ0) is 19.3. The zero-order valence-corrected chi connectivity index (χ0v) is 18.0. The number of rotatable bonds is 5. The number of nitrogens with zero attached hydrogens (tertiary/aromatic N) is 2. The summed E-state index contributed by atoms with van der Waals surface area (Å²) >= 11 is 3.43. The normalized spacial score (nSPS) is 21.1. The molecular weight excluding hydrogens is 412 g/mol. The van der Waals surface area contributed by atoms with E-state index in [2.05, 4.69) is 50.0 Å². The number of hydrogen-bond donors (Lipinski definition) is 0. The lowest BCUT2D eigenvalue weighted by Crippen LogP contribution is -2.35. The fourth-order valence-corrected chi connectivity index (χ4v) is 4.94. The monoisotopic (exact) mass is 440 g/mol. The molecular formula is C24H29BrN2O. The van der Waals surface area contributed by atoms with Crippen LogP contribution < -0.4 is 0 Å². The maximum Gasteiger partial charge on any atom is 0.164 e. The van der Waals surface area contributed by atoms with Crippen LogP contribution >= 0.6 is 15.9 Å². The average Bonchev–Trinajstić information content (AvgIpc) is 2.98. The number of ketones is 1. The van der Waals surface area contributed by atoms with Crippen molar-refractivity contribution in [2.24, 2.45) is 0 Å². The van der Waals surface area contributed by atoms with Crippen molar-refractivity contribution in [3.63, 3.8) is 0 Å². The van der Waals surface area contributed by atoms with Crippen LogP contribution in [0.4, 0.5) is 0 Å². The third-order valence-electron chi connectivity index (χ3n) is 6.22. The Morgan fingerprint density at radius 1 is 0.964 bits per heavy atom. The van der Waals surface area contributed by atoms with Gasteiger partial charge in [-0.2, -0.15) is 0 Å². The van der Waals surface area contributed by atoms with Gasteiger partial charge in [-0.15, -0.1) is 0 Å². The third kappa shape index (κ3) is 4.73. The van der Waals surface area contributed by atoms with Gasteiger partial charge in [0.15, 0.2) is 5.78 Å². The smallest absolute Gasteiger partial charge is 0.164 e. The topological polar surface area (TPSA) is 23.6 Å². The van der Waals surface area contributed by atoms with Crippen molar-refractivity contribution in [3.8, 4) is 0 Å². The molecule has 1 saturated heterocycles. The van der Waals surface area contributed by atoms with Crippen molar-refractivity contribution >= 4 is 21.7 Å². The van der Waals surface area contributed by atoms with E-state index in [4.69, 9.17) is 0 Å². The number of fused-ring (bicyclic) bond motifs is 1. The van der Waals surface area contributed by atoms with Gasteiger partial charge in [-0.25, -0.2) is 0 Å². The standard InChI is InChI=1S/C24H29BrN2O/c25-21-11-9-20(10-12-21)24(28)13-16-26-14-4-15-27(18-17-26)23-8-3-6-19-5-1-2-7-22(19)23/h1-2,5,7,9-12,23H,3-4,6,8,13-18H2. The first-order valence-corrected chi connectivity index (χ1v) is 11.3. The van der Waals surface area contributed by atoms with Gasteiger partial charge in [0.25, 0.3) is 0 Å². The molecule has 4 heteroatoms. The molecule has 2 aromatic rings. The number of aryl methyl sites for hydroxylation is 1. The van der Waals surface area contributed by atoms with Gasteiger partial charge < -0.3 is 4.90 Å². The second-order valence-electron chi connectivity index (χ2n) is 8.02. The van der Waals surface area contributed by atoms with Gasteiger partial charge in [-0.1, -0.05) is 52.3 Å². The Bertz CT molecular complexity index is 805. The molecule has 1 aliphatic carbocycles. The Hall–Kier alpha value is -1.49.